The number of carbonyl (C=O) groups is 2. The molecule has 3 aliphatic heterocycles. The first-order valence-electron chi connectivity index (χ1n) is 11.8. The normalized spacial score (nSPS) is 18.2. The SMILES string of the molecule is CC(=O)N1CCN(c2nc3c(c(N(C)Cc4ccc5c(c4)OC(F)(F)O5)n2)CN(C(C)C)C3=O)CC1. The summed E-state index contributed by atoms with van der Waals surface area (Å²) >= 11 is 0. The van der Waals surface area contributed by atoms with Gasteiger partial charge in [-0.15, -0.1) is 8.78 Å². The standard InChI is InChI=1S/C24H28F2N6O4/c1-14(2)32-13-17-20(22(32)34)27-23(31-9-7-30(8-10-31)15(3)33)28-21(17)29(4)12-16-5-6-18-19(11-16)36-24(25,26)35-18/h5-6,11,14H,7-10,12-13H2,1-4H3. The van der Waals surface area contributed by atoms with E-state index in [1.54, 1.807) is 22.8 Å². The van der Waals surface area contributed by atoms with Crippen LogP contribution in [-0.4, -0.2) is 77.1 Å². The molecule has 0 saturated carbocycles. The van der Waals surface area contributed by atoms with Gasteiger partial charge in [0.15, 0.2) is 11.5 Å². The molecule has 1 fully saturated rings. The molecule has 3 aliphatic rings. The van der Waals surface area contributed by atoms with E-state index in [0.717, 1.165) is 5.56 Å². The molecule has 0 bridgehead atoms. The number of aromatic nitrogens is 2. The van der Waals surface area contributed by atoms with Gasteiger partial charge >= 0.3 is 6.29 Å². The van der Waals surface area contributed by atoms with Crippen molar-refractivity contribution in [3.63, 3.8) is 0 Å². The number of amides is 2. The fraction of sp³-hybridized carbons (Fsp3) is 0.500. The van der Waals surface area contributed by atoms with Crippen molar-refractivity contribution in [2.75, 3.05) is 43.0 Å². The average molecular weight is 503 g/mol. The monoisotopic (exact) mass is 502 g/mol. The van der Waals surface area contributed by atoms with E-state index in [1.165, 1.54) is 12.1 Å². The summed E-state index contributed by atoms with van der Waals surface area (Å²) in [6.07, 6.45) is -3.68. The molecule has 1 aromatic heterocycles. The third-order valence-corrected chi connectivity index (χ3v) is 6.64. The number of alkyl halides is 2. The molecule has 0 radical (unpaired) electrons. The molecule has 5 rings (SSSR count). The van der Waals surface area contributed by atoms with Crippen molar-refractivity contribution in [2.45, 2.75) is 46.2 Å². The van der Waals surface area contributed by atoms with Crippen molar-refractivity contribution in [2.24, 2.45) is 0 Å². The quantitative estimate of drug-likeness (QED) is 0.616. The summed E-state index contributed by atoms with van der Waals surface area (Å²) in [7, 11) is 1.84. The second-order valence-corrected chi connectivity index (χ2v) is 9.50. The Morgan fingerprint density at radius 1 is 1.14 bits per heavy atom. The average Bonchev–Trinajstić information content (AvgIpc) is 3.33. The van der Waals surface area contributed by atoms with Crippen LogP contribution in [0.3, 0.4) is 0 Å². The number of rotatable bonds is 5. The van der Waals surface area contributed by atoms with E-state index < -0.39 is 6.29 Å². The molecule has 0 aliphatic carbocycles. The van der Waals surface area contributed by atoms with Gasteiger partial charge < -0.3 is 29.1 Å². The third-order valence-electron chi connectivity index (χ3n) is 6.64. The predicted molar refractivity (Wildman–Crippen MR) is 126 cm³/mol. The number of anilines is 2. The fourth-order valence-corrected chi connectivity index (χ4v) is 4.70. The summed E-state index contributed by atoms with van der Waals surface area (Å²) in [5.41, 5.74) is 1.82. The Balaban J connectivity index is 1.45. The van der Waals surface area contributed by atoms with Gasteiger partial charge in [0.2, 0.25) is 11.9 Å². The number of ether oxygens (including phenoxy) is 2. The zero-order valence-corrected chi connectivity index (χ0v) is 20.6. The van der Waals surface area contributed by atoms with E-state index in [9.17, 15) is 18.4 Å². The Labute approximate surface area is 207 Å². The number of hydrogen-bond acceptors (Lipinski definition) is 8. The van der Waals surface area contributed by atoms with Crippen LogP contribution in [0.15, 0.2) is 18.2 Å². The lowest BCUT2D eigenvalue weighted by Crippen LogP contribution is -2.48. The molecule has 1 aromatic carbocycles. The van der Waals surface area contributed by atoms with Crippen molar-refractivity contribution < 1.29 is 27.8 Å². The van der Waals surface area contributed by atoms with Gasteiger partial charge in [-0.1, -0.05) is 6.07 Å². The minimum Gasteiger partial charge on any atom is -0.395 e. The smallest absolute Gasteiger partial charge is 0.395 e. The van der Waals surface area contributed by atoms with Gasteiger partial charge in [-0.25, -0.2) is 4.98 Å². The lowest BCUT2D eigenvalue weighted by Gasteiger charge is -2.34. The fourth-order valence-electron chi connectivity index (χ4n) is 4.70. The van der Waals surface area contributed by atoms with Crippen LogP contribution in [0.2, 0.25) is 0 Å². The number of benzene rings is 1. The molecule has 1 saturated heterocycles. The second-order valence-electron chi connectivity index (χ2n) is 9.50. The zero-order valence-electron chi connectivity index (χ0n) is 20.6. The van der Waals surface area contributed by atoms with Gasteiger partial charge in [-0.05, 0) is 31.5 Å². The summed E-state index contributed by atoms with van der Waals surface area (Å²) in [6.45, 7) is 8.38. The lowest BCUT2D eigenvalue weighted by atomic mass is 10.1. The number of hydrogen-bond donors (Lipinski definition) is 0. The van der Waals surface area contributed by atoms with Crippen LogP contribution in [-0.2, 0) is 17.9 Å². The summed E-state index contributed by atoms with van der Waals surface area (Å²) in [5, 5.41) is 0. The maximum Gasteiger partial charge on any atom is 0.586 e. The van der Waals surface area contributed by atoms with Gasteiger partial charge in [0.05, 0.1) is 6.54 Å². The Hall–Kier alpha value is -3.70. The second kappa shape index (κ2) is 8.75. The number of fused-ring (bicyclic) bond motifs is 2. The first-order valence-corrected chi connectivity index (χ1v) is 11.8. The van der Waals surface area contributed by atoms with Crippen LogP contribution >= 0.6 is 0 Å². The molecule has 0 atom stereocenters. The molecule has 192 valence electrons. The number of halogens is 2. The number of nitrogens with zero attached hydrogens (tertiary/aromatic N) is 6. The summed E-state index contributed by atoms with van der Waals surface area (Å²) in [4.78, 5) is 41.8. The lowest BCUT2D eigenvalue weighted by molar-refractivity contribution is -0.286. The Kier molecular flexibility index (Phi) is 5.84. The van der Waals surface area contributed by atoms with Crippen LogP contribution in [0.4, 0.5) is 20.5 Å². The van der Waals surface area contributed by atoms with Crippen LogP contribution in [0.25, 0.3) is 0 Å². The molecule has 2 aromatic rings. The number of piperazine rings is 1. The van der Waals surface area contributed by atoms with Crippen molar-refractivity contribution in [1.29, 1.82) is 0 Å². The summed E-state index contributed by atoms with van der Waals surface area (Å²) < 4.78 is 36.0. The van der Waals surface area contributed by atoms with Crippen LogP contribution < -0.4 is 19.3 Å². The molecular weight excluding hydrogens is 474 g/mol. The number of carbonyl (C=O) groups excluding carboxylic acids is 2. The maximum atomic E-state index is 13.4. The largest absolute Gasteiger partial charge is 0.586 e. The predicted octanol–water partition coefficient (Wildman–Crippen LogP) is 2.47. The third kappa shape index (κ3) is 4.35. The molecular formula is C24H28F2N6O4. The maximum absolute atomic E-state index is 13.4. The van der Waals surface area contributed by atoms with E-state index >= 15 is 0 Å². The van der Waals surface area contributed by atoms with Crippen molar-refractivity contribution in [3.05, 3.63) is 35.0 Å². The van der Waals surface area contributed by atoms with E-state index in [2.05, 4.69) is 14.5 Å². The van der Waals surface area contributed by atoms with Gasteiger partial charge in [0.1, 0.15) is 11.5 Å². The first kappa shape index (κ1) is 24.0. The van der Waals surface area contributed by atoms with E-state index in [-0.39, 0.29) is 29.4 Å². The Morgan fingerprint density at radius 3 is 2.50 bits per heavy atom. The minimum atomic E-state index is -3.68. The highest BCUT2D eigenvalue weighted by Gasteiger charge is 2.43. The van der Waals surface area contributed by atoms with Crippen molar-refractivity contribution in [1.82, 2.24) is 19.8 Å². The Bertz CT molecular complexity index is 1220. The van der Waals surface area contributed by atoms with Crippen LogP contribution in [0.5, 0.6) is 11.5 Å². The van der Waals surface area contributed by atoms with Crippen molar-refractivity contribution >= 4 is 23.6 Å². The minimum absolute atomic E-state index is 0.0112. The molecule has 12 heteroatoms. The molecule has 0 N–H and O–H groups in total. The Morgan fingerprint density at radius 2 is 1.83 bits per heavy atom. The summed E-state index contributed by atoms with van der Waals surface area (Å²) in [6, 6.07) is 4.65. The molecule has 0 spiro atoms. The highest BCUT2D eigenvalue weighted by Crippen LogP contribution is 2.41. The van der Waals surface area contributed by atoms with Gasteiger partial charge in [-0.3, -0.25) is 9.59 Å². The van der Waals surface area contributed by atoms with Gasteiger partial charge in [0, 0.05) is 58.3 Å². The molecule has 2 amide bonds. The topological polar surface area (TPSA) is 91.3 Å². The van der Waals surface area contributed by atoms with E-state index in [0.29, 0.717) is 62.3 Å². The van der Waals surface area contributed by atoms with Crippen LogP contribution in [0.1, 0.15) is 42.4 Å². The molecule has 0 unspecified atom stereocenters. The van der Waals surface area contributed by atoms with Crippen molar-refractivity contribution in [3.8, 4) is 11.5 Å². The zero-order chi connectivity index (χ0) is 25.8. The molecule has 36 heavy (non-hydrogen) atoms. The highest BCUT2D eigenvalue weighted by molar-refractivity contribution is 5.98. The highest BCUT2D eigenvalue weighted by atomic mass is 19.3. The molecule has 10 nitrogen and oxygen atoms in total. The van der Waals surface area contributed by atoms with E-state index in [4.69, 9.17) is 4.98 Å². The van der Waals surface area contributed by atoms with Crippen LogP contribution in [0, 0.1) is 0 Å². The van der Waals surface area contributed by atoms with E-state index in [1.807, 2.05) is 30.7 Å². The van der Waals surface area contributed by atoms with Gasteiger partial charge in [-0.2, -0.15) is 4.98 Å². The first-order chi connectivity index (χ1) is 17.0. The summed E-state index contributed by atoms with van der Waals surface area (Å²) in [5.74, 6) is 0.871. The van der Waals surface area contributed by atoms with Gasteiger partial charge in [0.25, 0.3) is 5.91 Å². The molecule has 4 heterocycles.